The van der Waals surface area contributed by atoms with Crippen LogP contribution in [0.3, 0.4) is 0 Å². The molecule has 94 valence electrons. The molecule has 2 heterocycles. The van der Waals surface area contributed by atoms with E-state index in [4.69, 9.17) is 0 Å². The second kappa shape index (κ2) is 4.14. The van der Waals surface area contributed by atoms with Gasteiger partial charge in [0.1, 0.15) is 0 Å². The Morgan fingerprint density at radius 3 is 2.76 bits per heavy atom. The van der Waals surface area contributed by atoms with Gasteiger partial charge in [0.25, 0.3) is 5.91 Å². The molecule has 0 radical (unpaired) electrons. The van der Waals surface area contributed by atoms with Crippen LogP contribution in [0.5, 0.6) is 0 Å². The summed E-state index contributed by atoms with van der Waals surface area (Å²) in [5.41, 5.74) is 0. The minimum Gasteiger partial charge on any atom is -0.335 e. The highest BCUT2D eigenvalue weighted by molar-refractivity contribution is 7.91. The van der Waals surface area contributed by atoms with Gasteiger partial charge in [0.15, 0.2) is 15.7 Å². The number of rotatable bonds is 2. The molecule has 0 spiro atoms. The maximum Gasteiger partial charge on any atom is 0.289 e. The van der Waals surface area contributed by atoms with E-state index in [2.05, 4.69) is 4.98 Å². The van der Waals surface area contributed by atoms with Crippen molar-refractivity contribution in [3.63, 3.8) is 0 Å². The fourth-order valence-electron chi connectivity index (χ4n) is 1.98. The average Bonchev–Trinajstić information content (AvgIpc) is 2.82. The van der Waals surface area contributed by atoms with E-state index in [0.29, 0.717) is 12.2 Å². The number of nitrogens with zero attached hydrogens (tertiary/aromatic N) is 3. The highest BCUT2D eigenvalue weighted by atomic mass is 32.2. The first-order valence-corrected chi connectivity index (χ1v) is 7.18. The van der Waals surface area contributed by atoms with Crippen LogP contribution in [0.1, 0.15) is 17.0 Å². The maximum absolute atomic E-state index is 12.1. The van der Waals surface area contributed by atoms with Crippen molar-refractivity contribution < 1.29 is 13.2 Å². The minimum atomic E-state index is -2.97. The Kier molecular flexibility index (Phi) is 2.94. The van der Waals surface area contributed by atoms with Crippen molar-refractivity contribution in [1.29, 1.82) is 0 Å². The fourth-order valence-corrected chi connectivity index (χ4v) is 3.75. The number of aromatic nitrogens is 2. The standard InChI is InChI=1S/C10H15N3O3S/c1-12-5-4-11-9(12)10(14)13(2)8-3-6-17(15,16)7-8/h4-5,8H,3,6-7H2,1-2H3. The highest BCUT2D eigenvalue weighted by Gasteiger charge is 2.33. The van der Waals surface area contributed by atoms with Crippen molar-refractivity contribution in [2.45, 2.75) is 12.5 Å². The lowest BCUT2D eigenvalue weighted by molar-refractivity contribution is 0.0732. The number of amides is 1. The minimum absolute atomic E-state index is 0.0552. The van der Waals surface area contributed by atoms with Crippen LogP contribution < -0.4 is 0 Å². The predicted molar refractivity (Wildman–Crippen MR) is 62.4 cm³/mol. The van der Waals surface area contributed by atoms with Gasteiger partial charge in [-0.15, -0.1) is 0 Å². The lowest BCUT2D eigenvalue weighted by Crippen LogP contribution is -2.38. The largest absolute Gasteiger partial charge is 0.335 e. The van der Waals surface area contributed by atoms with Gasteiger partial charge in [-0.3, -0.25) is 4.79 Å². The van der Waals surface area contributed by atoms with Gasteiger partial charge in [-0.2, -0.15) is 0 Å². The van der Waals surface area contributed by atoms with Crippen LogP contribution in [0.15, 0.2) is 12.4 Å². The summed E-state index contributed by atoms with van der Waals surface area (Å²) in [7, 11) is 0.389. The van der Waals surface area contributed by atoms with Crippen molar-refractivity contribution in [3.05, 3.63) is 18.2 Å². The molecule has 1 amide bonds. The van der Waals surface area contributed by atoms with Gasteiger partial charge < -0.3 is 9.47 Å². The van der Waals surface area contributed by atoms with E-state index in [1.165, 1.54) is 4.90 Å². The van der Waals surface area contributed by atoms with E-state index in [9.17, 15) is 13.2 Å². The zero-order valence-corrected chi connectivity index (χ0v) is 10.6. The van der Waals surface area contributed by atoms with Crippen LogP contribution in [-0.2, 0) is 16.9 Å². The SMILES string of the molecule is CN(C(=O)c1nccn1C)C1CCS(=O)(=O)C1. The molecule has 1 aliphatic rings. The van der Waals surface area contributed by atoms with Gasteiger partial charge in [-0.25, -0.2) is 13.4 Å². The summed E-state index contributed by atoms with van der Waals surface area (Å²) in [5.74, 6) is 0.312. The summed E-state index contributed by atoms with van der Waals surface area (Å²) in [4.78, 5) is 17.5. The lowest BCUT2D eigenvalue weighted by Gasteiger charge is -2.22. The van der Waals surface area contributed by atoms with Crippen LogP contribution in [-0.4, -0.2) is 53.4 Å². The van der Waals surface area contributed by atoms with E-state index < -0.39 is 9.84 Å². The van der Waals surface area contributed by atoms with Crippen molar-refractivity contribution in [1.82, 2.24) is 14.5 Å². The Balaban J connectivity index is 2.14. The average molecular weight is 257 g/mol. The molecule has 1 saturated heterocycles. The van der Waals surface area contributed by atoms with Crippen LogP contribution in [0.2, 0.25) is 0 Å². The molecule has 2 rings (SSSR count). The smallest absolute Gasteiger partial charge is 0.289 e. The summed E-state index contributed by atoms with van der Waals surface area (Å²) >= 11 is 0. The molecule has 0 saturated carbocycles. The molecule has 7 heteroatoms. The van der Waals surface area contributed by atoms with Gasteiger partial charge in [0, 0.05) is 32.5 Å². The second-order valence-corrected chi connectivity index (χ2v) is 6.56. The van der Waals surface area contributed by atoms with Gasteiger partial charge >= 0.3 is 0 Å². The monoisotopic (exact) mass is 257 g/mol. The van der Waals surface area contributed by atoms with Crippen molar-refractivity contribution >= 4 is 15.7 Å². The van der Waals surface area contributed by atoms with Crippen LogP contribution >= 0.6 is 0 Å². The van der Waals surface area contributed by atoms with Crippen LogP contribution in [0, 0.1) is 0 Å². The third kappa shape index (κ3) is 2.33. The highest BCUT2D eigenvalue weighted by Crippen LogP contribution is 2.17. The second-order valence-electron chi connectivity index (χ2n) is 4.33. The molecular formula is C10H15N3O3S. The van der Waals surface area contributed by atoms with Gasteiger partial charge in [0.05, 0.1) is 11.5 Å². The molecular weight excluding hydrogens is 242 g/mol. The predicted octanol–water partition coefficient (Wildman–Crippen LogP) is -0.321. The molecule has 6 nitrogen and oxygen atoms in total. The summed E-state index contributed by atoms with van der Waals surface area (Å²) in [6, 6.07) is -0.232. The number of sulfone groups is 1. The molecule has 0 aromatic carbocycles. The molecule has 0 N–H and O–H groups in total. The fraction of sp³-hybridized carbons (Fsp3) is 0.600. The molecule has 0 bridgehead atoms. The van der Waals surface area contributed by atoms with Crippen molar-refractivity contribution in [3.8, 4) is 0 Å². The molecule has 17 heavy (non-hydrogen) atoms. The van der Waals surface area contributed by atoms with E-state index in [1.54, 1.807) is 31.1 Å². The zero-order chi connectivity index (χ0) is 12.6. The van der Waals surface area contributed by atoms with Crippen LogP contribution in [0.25, 0.3) is 0 Å². The number of hydrogen-bond donors (Lipinski definition) is 0. The summed E-state index contributed by atoms with van der Waals surface area (Å²) in [5, 5.41) is 0. The maximum atomic E-state index is 12.1. The molecule has 1 aromatic rings. The van der Waals surface area contributed by atoms with E-state index >= 15 is 0 Å². The van der Waals surface area contributed by atoms with Gasteiger partial charge in [-0.1, -0.05) is 0 Å². The molecule has 1 unspecified atom stereocenters. The Labute approximate surface area is 100 Å². The van der Waals surface area contributed by atoms with Crippen molar-refractivity contribution in [2.75, 3.05) is 18.6 Å². The quantitative estimate of drug-likeness (QED) is 0.728. The molecule has 1 aromatic heterocycles. The number of carbonyl (C=O) groups is 1. The lowest BCUT2D eigenvalue weighted by atomic mass is 10.2. The number of carbonyl (C=O) groups excluding carboxylic acids is 1. The summed E-state index contributed by atoms with van der Waals surface area (Å²) < 4.78 is 24.4. The number of aryl methyl sites for hydroxylation is 1. The number of imidazole rings is 1. The third-order valence-corrected chi connectivity index (χ3v) is 4.84. The third-order valence-electron chi connectivity index (χ3n) is 3.09. The summed E-state index contributed by atoms with van der Waals surface area (Å²) in [6.07, 6.45) is 3.74. The Morgan fingerprint density at radius 2 is 2.29 bits per heavy atom. The van der Waals surface area contributed by atoms with E-state index in [0.717, 1.165) is 0 Å². The topological polar surface area (TPSA) is 72.3 Å². The summed E-state index contributed by atoms with van der Waals surface area (Å²) in [6.45, 7) is 0. The Hall–Kier alpha value is -1.37. The van der Waals surface area contributed by atoms with Crippen molar-refractivity contribution in [2.24, 2.45) is 7.05 Å². The normalized spacial score (nSPS) is 22.6. The van der Waals surface area contributed by atoms with E-state index in [-0.39, 0.29) is 23.5 Å². The Bertz CT molecular complexity index is 535. The molecule has 1 fully saturated rings. The molecule has 1 aliphatic heterocycles. The van der Waals surface area contributed by atoms with E-state index in [1.807, 2.05) is 0 Å². The first kappa shape index (κ1) is 12.1. The van der Waals surface area contributed by atoms with Gasteiger partial charge in [-0.05, 0) is 6.42 Å². The van der Waals surface area contributed by atoms with Gasteiger partial charge in [0.2, 0.25) is 0 Å². The zero-order valence-electron chi connectivity index (χ0n) is 9.83. The molecule has 1 atom stereocenters. The number of hydrogen-bond acceptors (Lipinski definition) is 4. The Morgan fingerprint density at radius 1 is 1.59 bits per heavy atom. The first-order chi connectivity index (χ1) is 7.91. The van der Waals surface area contributed by atoms with Crippen LogP contribution in [0.4, 0.5) is 0 Å². The first-order valence-electron chi connectivity index (χ1n) is 5.35. The molecule has 0 aliphatic carbocycles.